The quantitative estimate of drug-likeness (QED) is 0.0465. The number of hydrogen-bond acceptors (Lipinski definition) is 5. The lowest BCUT2D eigenvalue weighted by Crippen LogP contribution is -2.48. The highest BCUT2D eigenvalue weighted by Gasteiger charge is 2.30. The zero-order chi connectivity index (χ0) is 43.2. The Bertz CT molecular complexity index is 1100. The Morgan fingerprint density at radius 3 is 1.12 bits per heavy atom. The molecular weight excluding hydrogens is 743 g/mol. The summed E-state index contributed by atoms with van der Waals surface area (Å²) in [4.78, 5) is 28.3. The number of carbonyl (C=O) groups is 2. The van der Waals surface area contributed by atoms with Crippen molar-refractivity contribution >= 4 is 21.9 Å². The SMILES string of the molecule is CCCCCCCCCCCCCCCCCCN(CCCCCCCCCCCCCCCCCC)C(=O)CCC(C)(C#N)CCC(=O)NC(C)(C)CS(=O)(=O)O. The average molecular weight is 838 g/mol. The molecule has 0 aliphatic carbocycles. The lowest BCUT2D eigenvalue weighted by Gasteiger charge is -2.27. The number of nitrogens with one attached hydrogen (secondary N) is 1. The molecule has 0 rings (SSSR count). The predicted molar refractivity (Wildman–Crippen MR) is 246 cm³/mol. The molecule has 1 unspecified atom stereocenters. The van der Waals surface area contributed by atoms with Crippen molar-refractivity contribution < 1.29 is 22.6 Å². The summed E-state index contributed by atoms with van der Waals surface area (Å²) in [5, 5.41) is 12.7. The number of nitriles is 1. The van der Waals surface area contributed by atoms with Gasteiger partial charge in [-0.1, -0.05) is 206 Å². The van der Waals surface area contributed by atoms with Crippen LogP contribution in [-0.2, 0) is 19.7 Å². The number of rotatable bonds is 43. The van der Waals surface area contributed by atoms with Gasteiger partial charge in [0.15, 0.2) is 0 Å². The van der Waals surface area contributed by atoms with Crippen LogP contribution < -0.4 is 5.32 Å². The van der Waals surface area contributed by atoms with Gasteiger partial charge in [-0.3, -0.25) is 14.1 Å². The molecule has 2 amide bonds. The van der Waals surface area contributed by atoms with Crippen molar-refractivity contribution in [3.63, 3.8) is 0 Å². The lowest BCUT2D eigenvalue weighted by molar-refractivity contribution is -0.131. The van der Waals surface area contributed by atoms with Crippen LogP contribution in [-0.4, -0.2) is 54.1 Å². The van der Waals surface area contributed by atoms with Crippen LogP contribution in [0.3, 0.4) is 0 Å². The third kappa shape index (κ3) is 37.3. The molecule has 0 fully saturated rings. The fourth-order valence-electron chi connectivity index (χ4n) is 8.16. The van der Waals surface area contributed by atoms with Crippen LogP contribution in [0.25, 0.3) is 0 Å². The standard InChI is InChI=1S/C49H95N3O5S/c1-6-8-10-12-14-16-18-20-22-24-26-28-30-32-34-36-42-52(43-37-35-33-31-29-27-25-23-21-19-17-15-13-11-9-7-2)47(54)39-41-49(5,44-50)40-38-46(53)51-48(3,4)45-58(55,56)57/h6-43,45H2,1-5H3,(H,51,53)(H,55,56,57). The maximum atomic E-state index is 13.6. The van der Waals surface area contributed by atoms with E-state index in [2.05, 4.69) is 25.2 Å². The molecule has 0 saturated carbocycles. The Labute approximate surface area is 360 Å². The first-order chi connectivity index (χ1) is 27.8. The molecular formula is C49H95N3O5S. The summed E-state index contributed by atoms with van der Waals surface area (Å²) < 4.78 is 31.9. The highest BCUT2D eigenvalue weighted by molar-refractivity contribution is 7.85. The molecule has 1 atom stereocenters. The third-order valence-corrected chi connectivity index (χ3v) is 13.1. The fourth-order valence-corrected chi connectivity index (χ4v) is 9.15. The summed E-state index contributed by atoms with van der Waals surface area (Å²) in [5.41, 5.74) is -1.99. The largest absolute Gasteiger partial charge is 0.350 e. The summed E-state index contributed by atoms with van der Waals surface area (Å²) in [5.74, 6) is -0.873. The van der Waals surface area contributed by atoms with Gasteiger partial charge in [-0.05, 0) is 46.5 Å². The second kappa shape index (κ2) is 37.1. The van der Waals surface area contributed by atoms with Gasteiger partial charge in [0.1, 0.15) is 0 Å². The number of carbonyl (C=O) groups excluding carboxylic acids is 2. The first-order valence-electron chi connectivity index (χ1n) is 24.7. The summed E-state index contributed by atoms with van der Waals surface area (Å²) >= 11 is 0. The van der Waals surface area contributed by atoms with E-state index < -0.39 is 26.8 Å². The Morgan fingerprint density at radius 2 is 0.828 bits per heavy atom. The topological polar surface area (TPSA) is 128 Å². The van der Waals surface area contributed by atoms with E-state index in [1.165, 1.54) is 194 Å². The average Bonchev–Trinajstić information content (AvgIpc) is 3.16. The maximum Gasteiger partial charge on any atom is 0.267 e. The first kappa shape index (κ1) is 56.3. The molecule has 58 heavy (non-hydrogen) atoms. The highest BCUT2D eigenvalue weighted by atomic mass is 32.2. The molecule has 0 bridgehead atoms. The third-order valence-electron chi connectivity index (χ3n) is 12.0. The van der Waals surface area contributed by atoms with Crippen molar-refractivity contribution in [2.45, 2.75) is 271 Å². The van der Waals surface area contributed by atoms with Crippen LogP contribution >= 0.6 is 0 Å². The van der Waals surface area contributed by atoms with Crippen LogP contribution in [0.1, 0.15) is 266 Å². The molecule has 2 N–H and O–H groups in total. The first-order valence-corrected chi connectivity index (χ1v) is 26.3. The Kier molecular flexibility index (Phi) is 36.1. The summed E-state index contributed by atoms with van der Waals surface area (Å²) in [6, 6.07) is 2.35. The van der Waals surface area contributed by atoms with Gasteiger partial charge in [0.05, 0.1) is 22.8 Å². The second-order valence-electron chi connectivity index (χ2n) is 18.8. The van der Waals surface area contributed by atoms with Gasteiger partial charge >= 0.3 is 0 Å². The van der Waals surface area contributed by atoms with Gasteiger partial charge in [-0.25, -0.2) is 0 Å². The molecule has 0 saturated heterocycles. The van der Waals surface area contributed by atoms with Crippen LogP contribution in [0.2, 0.25) is 0 Å². The monoisotopic (exact) mass is 838 g/mol. The van der Waals surface area contributed by atoms with E-state index in [1.807, 2.05) is 4.90 Å². The predicted octanol–water partition coefficient (Wildman–Crippen LogP) is 14.2. The molecule has 0 aromatic rings. The van der Waals surface area contributed by atoms with Crippen LogP contribution in [0.15, 0.2) is 0 Å². The molecule has 0 aromatic carbocycles. The summed E-state index contributed by atoms with van der Waals surface area (Å²) in [7, 11) is -4.25. The molecule has 0 aliphatic rings. The van der Waals surface area contributed by atoms with E-state index in [-0.39, 0.29) is 31.1 Å². The van der Waals surface area contributed by atoms with E-state index in [0.29, 0.717) is 6.42 Å². The number of unbranched alkanes of at least 4 members (excludes halogenated alkanes) is 30. The van der Waals surface area contributed by atoms with Gasteiger partial charge in [-0.15, -0.1) is 0 Å². The van der Waals surface area contributed by atoms with E-state index in [4.69, 9.17) is 0 Å². The fraction of sp³-hybridized carbons (Fsp3) is 0.939. The minimum absolute atomic E-state index is 0.0370. The summed E-state index contributed by atoms with van der Waals surface area (Å²) in [6.45, 7) is 11.0. The van der Waals surface area contributed by atoms with Gasteiger partial charge in [0.2, 0.25) is 11.8 Å². The minimum atomic E-state index is -4.25. The van der Waals surface area contributed by atoms with E-state index in [1.54, 1.807) is 6.92 Å². The molecule has 0 aliphatic heterocycles. The van der Waals surface area contributed by atoms with Crippen LogP contribution in [0.5, 0.6) is 0 Å². The molecule has 9 heteroatoms. The van der Waals surface area contributed by atoms with E-state index in [9.17, 15) is 27.8 Å². The normalized spacial score (nSPS) is 13.0. The van der Waals surface area contributed by atoms with Crippen LogP contribution in [0.4, 0.5) is 0 Å². The number of nitrogens with zero attached hydrogens (tertiary/aromatic N) is 2. The number of amides is 2. The minimum Gasteiger partial charge on any atom is -0.350 e. The molecule has 342 valence electrons. The van der Waals surface area contributed by atoms with Gasteiger partial charge in [0, 0.05) is 25.9 Å². The smallest absolute Gasteiger partial charge is 0.267 e. The molecule has 0 heterocycles. The van der Waals surface area contributed by atoms with Gasteiger partial charge < -0.3 is 10.2 Å². The second-order valence-corrected chi connectivity index (χ2v) is 20.3. The van der Waals surface area contributed by atoms with E-state index >= 15 is 0 Å². The Balaban J connectivity index is 4.63. The molecule has 0 spiro atoms. The van der Waals surface area contributed by atoms with Gasteiger partial charge in [-0.2, -0.15) is 13.7 Å². The molecule has 8 nitrogen and oxygen atoms in total. The van der Waals surface area contributed by atoms with Crippen molar-refractivity contribution in [2.24, 2.45) is 5.41 Å². The molecule has 0 radical (unpaired) electrons. The number of hydrogen-bond donors (Lipinski definition) is 2. The summed E-state index contributed by atoms with van der Waals surface area (Å²) in [6.07, 6.45) is 43.2. The zero-order valence-electron chi connectivity index (χ0n) is 39.0. The van der Waals surface area contributed by atoms with Crippen molar-refractivity contribution in [2.75, 3.05) is 18.8 Å². The maximum absolute atomic E-state index is 13.6. The highest BCUT2D eigenvalue weighted by Crippen LogP contribution is 2.29. The lowest BCUT2D eigenvalue weighted by atomic mass is 9.82. The van der Waals surface area contributed by atoms with Crippen LogP contribution in [0, 0.1) is 16.7 Å². The Morgan fingerprint density at radius 1 is 0.534 bits per heavy atom. The van der Waals surface area contributed by atoms with Crippen molar-refractivity contribution in [1.29, 1.82) is 5.26 Å². The molecule has 0 aromatic heterocycles. The van der Waals surface area contributed by atoms with Crippen molar-refractivity contribution in [3.8, 4) is 6.07 Å². The Hall–Kier alpha value is -1.66. The van der Waals surface area contributed by atoms with Crippen molar-refractivity contribution in [3.05, 3.63) is 0 Å². The van der Waals surface area contributed by atoms with E-state index in [0.717, 1.165) is 38.8 Å². The van der Waals surface area contributed by atoms with Gasteiger partial charge in [0.25, 0.3) is 10.1 Å². The zero-order valence-corrected chi connectivity index (χ0v) is 39.8. The van der Waals surface area contributed by atoms with Crippen molar-refractivity contribution in [1.82, 2.24) is 10.2 Å².